The Morgan fingerprint density at radius 2 is 1.75 bits per heavy atom. The van der Waals surface area contributed by atoms with E-state index in [1.54, 1.807) is 12.1 Å². The Kier molecular flexibility index (Phi) is 6.67. The van der Waals surface area contributed by atoms with Gasteiger partial charge in [0.1, 0.15) is 17.2 Å². The van der Waals surface area contributed by atoms with Crippen LogP contribution in [-0.4, -0.2) is 24.1 Å². The minimum absolute atomic E-state index is 0.0439. The quantitative estimate of drug-likeness (QED) is 0.548. The summed E-state index contributed by atoms with van der Waals surface area (Å²) in [5.74, 6) is 1.38. The second kappa shape index (κ2) is 8.96. The summed E-state index contributed by atoms with van der Waals surface area (Å²) in [5, 5.41) is 10.3. The number of phenolic OH excluding ortho intramolecular Hbond substituents is 1. The molecule has 0 saturated carbocycles. The number of hydrogen-bond donors (Lipinski definition) is 1. The minimum atomic E-state index is -0.146. The minimum Gasteiger partial charge on any atom is -0.507 e. The molecule has 0 aliphatic carbocycles. The molecule has 0 fully saturated rings. The molecule has 0 aliphatic rings. The summed E-state index contributed by atoms with van der Waals surface area (Å²) < 4.78 is 11.4. The van der Waals surface area contributed by atoms with Gasteiger partial charge in [-0.05, 0) is 37.6 Å². The first-order valence-electron chi connectivity index (χ1n) is 8.30. The Bertz CT molecular complexity index is 665. The van der Waals surface area contributed by atoms with E-state index in [2.05, 4.69) is 0 Å². The molecule has 2 rings (SSSR count). The van der Waals surface area contributed by atoms with Crippen LogP contribution in [0.3, 0.4) is 0 Å². The van der Waals surface area contributed by atoms with Crippen molar-refractivity contribution in [3.05, 3.63) is 53.6 Å². The Morgan fingerprint density at radius 3 is 2.42 bits per heavy atom. The van der Waals surface area contributed by atoms with Crippen LogP contribution < -0.4 is 9.47 Å². The van der Waals surface area contributed by atoms with Gasteiger partial charge < -0.3 is 14.6 Å². The zero-order valence-corrected chi connectivity index (χ0v) is 14.2. The van der Waals surface area contributed by atoms with Gasteiger partial charge in [-0.3, -0.25) is 4.79 Å². The molecule has 0 amide bonds. The fourth-order valence-electron chi connectivity index (χ4n) is 2.48. The monoisotopic (exact) mass is 328 g/mol. The van der Waals surface area contributed by atoms with E-state index in [0.29, 0.717) is 36.5 Å². The molecule has 4 heteroatoms. The van der Waals surface area contributed by atoms with Crippen molar-refractivity contribution in [3.63, 3.8) is 0 Å². The van der Waals surface area contributed by atoms with Crippen LogP contribution in [0.25, 0.3) is 0 Å². The number of ether oxygens (including phenoxy) is 2. The first kappa shape index (κ1) is 17.9. The molecule has 0 atom stereocenters. The molecule has 4 nitrogen and oxygen atoms in total. The predicted octanol–water partition coefficient (Wildman–Crippen LogP) is 4.40. The SMILES string of the molecule is CCCc1c(OCCCOc2ccccc2)ccc(C(C)=O)c1O. The zero-order chi connectivity index (χ0) is 17.4. The molecule has 2 aromatic rings. The third-order valence-corrected chi connectivity index (χ3v) is 3.68. The van der Waals surface area contributed by atoms with Gasteiger partial charge in [0.05, 0.1) is 18.8 Å². The third kappa shape index (κ3) is 4.75. The summed E-state index contributed by atoms with van der Waals surface area (Å²) in [6, 6.07) is 13.0. The lowest BCUT2D eigenvalue weighted by molar-refractivity contribution is 0.101. The van der Waals surface area contributed by atoms with Gasteiger partial charge in [0.2, 0.25) is 0 Å². The lowest BCUT2D eigenvalue weighted by atomic mass is 10.0. The molecule has 1 N–H and O–H groups in total. The molecule has 0 spiro atoms. The number of ketones is 1. The molecule has 2 aromatic carbocycles. The van der Waals surface area contributed by atoms with E-state index in [-0.39, 0.29) is 11.5 Å². The molecule has 24 heavy (non-hydrogen) atoms. The van der Waals surface area contributed by atoms with Crippen molar-refractivity contribution in [2.24, 2.45) is 0 Å². The summed E-state index contributed by atoms with van der Waals surface area (Å²) in [5.41, 5.74) is 1.05. The largest absolute Gasteiger partial charge is 0.507 e. The van der Waals surface area contributed by atoms with Crippen LogP contribution in [0, 0.1) is 0 Å². The van der Waals surface area contributed by atoms with E-state index in [9.17, 15) is 9.90 Å². The fourth-order valence-corrected chi connectivity index (χ4v) is 2.48. The second-order valence-electron chi connectivity index (χ2n) is 5.61. The third-order valence-electron chi connectivity index (χ3n) is 3.68. The smallest absolute Gasteiger partial charge is 0.163 e. The second-order valence-corrected chi connectivity index (χ2v) is 5.61. The highest BCUT2D eigenvalue weighted by Crippen LogP contribution is 2.33. The van der Waals surface area contributed by atoms with Crippen LogP contribution in [0.1, 0.15) is 42.6 Å². The van der Waals surface area contributed by atoms with Crippen LogP contribution >= 0.6 is 0 Å². The van der Waals surface area contributed by atoms with Crippen molar-refractivity contribution >= 4 is 5.78 Å². The average Bonchev–Trinajstić information content (AvgIpc) is 2.58. The number of hydrogen-bond acceptors (Lipinski definition) is 4. The highest BCUT2D eigenvalue weighted by Gasteiger charge is 2.15. The van der Waals surface area contributed by atoms with Gasteiger partial charge in [-0.1, -0.05) is 31.5 Å². The number of carbonyl (C=O) groups is 1. The van der Waals surface area contributed by atoms with E-state index >= 15 is 0 Å². The van der Waals surface area contributed by atoms with Crippen molar-refractivity contribution in [1.82, 2.24) is 0 Å². The van der Waals surface area contributed by atoms with Gasteiger partial charge in [0, 0.05) is 12.0 Å². The Morgan fingerprint density at radius 1 is 1.04 bits per heavy atom. The van der Waals surface area contributed by atoms with Crippen LogP contribution in [0.2, 0.25) is 0 Å². The number of phenols is 1. The van der Waals surface area contributed by atoms with E-state index in [1.807, 2.05) is 37.3 Å². The molecule has 0 aromatic heterocycles. The van der Waals surface area contributed by atoms with Crippen molar-refractivity contribution in [2.45, 2.75) is 33.1 Å². The first-order valence-corrected chi connectivity index (χ1v) is 8.30. The topological polar surface area (TPSA) is 55.8 Å². The lowest BCUT2D eigenvalue weighted by Gasteiger charge is -2.14. The maximum absolute atomic E-state index is 11.6. The average molecular weight is 328 g/mol. The Balaban J connectivity index is 1.91. The molecule has 0 heterocycles. The fraction of sp³-hybridized carbons (Fsp3) is 0.350. The van der Waals surface area contributed by atoms with E-state index in [1.165, 1.54) is 6.92 Å². The van der Waals surface area contributed by atoms with E-state index in [0.717, 1.165) is 18.6 Å². The maximum Gasteiger partial charge on any atom is 0.163 e. The summed E-state index contributed by atoms with van der Waals surface area (Å²) in [6.07, 6.45) is 2.26. The Hall–Kier alpha value is -2.49. The van der Waals surface area contributed by atoms with Gasteiger partial charge in [-0.15, -0.1) is 0 Å². The predicted molar refractivity (Wildman–Crippen MR) is 94.2 cm³/mol. The number of carbonyl (C=O) groups excluding carboxylic acids is 1. The molecule has 0 bridgehead atoms. The number of rotatable bonds is 9. The zero-order valence-electron chi connectivity index (χ0n) is 14.2. The van der Waals surface area contributed by atoms with Crippen LogP contribution in [0.4, 0.5) is 0 Å². The van der Waals surface area contributed by atoms with Crippen LogP contribution in [-0.2, 0) is 6.42 Å². The number of benzene rings is 2. The van der Waals surface area contributed by atoms with Gasteiger partial charge in [0.25, 0.3) is 0 Å². The van der Waals surface area contributed by atoms with Crippen molar-refractivity contribution < 1.29 is 19.4 Å². The summed E-state index contributed by atoms with van der Waals surface area (Å²) in [6.45, 7) is 4.52. The highest BCUT2D eigenvalue weighted by atomic mass is 16.5. The first-order chi connectivity index (χ1) is 11.6. The number of para-hydroxylation sites is 1. The maximum atomic E-state index is 11.6. The molecule has 0 saturated heterocycles. The van der Waals surface area contributed by atoms with Gasteiger partial charge in [0.15, 0.2) is 5.78 Å². The summed E-state index contributed by atoms with van der Waals surface area (Å²) in [7, 11) is 0. The van der Waals surface area contributed by atoms with Crippen molar-refractivity contribution in [2.75, 3.05) is 13.2 Å². The standard InChI is InChI=1S/C20H24O4/c1-3-8-18-19(12-11-17(15(2)21)20(18)22)24-14-7-13-23-16-9-5-4-6-10-16/h4-6,9-12,22H,3,7-8,13-14H2,1-2H3. The molecule has 0 aliphatic heterocycles. The van der Waals surface area contributed by atoms with E-state index in [4.69, 9.17) is 9.47 Å². The van der Waals surface area contributed by atoms with Gasteiger partial charge in [-0.25, -0.2) is 0 Å². The summed E-state index contributed by atoms with van der Waals surface area (Å²) >= 11 is 0. The summed E-state index contributed by atoms with van der Waals surface area (Å²) in [4.78, 5) is 11.6. The normalized spacial score (nSPS) is 10.4. The van der Waals surface area contributed by atoms with Crippen LogP contribution in [0.15, 0.2) is 42.5 Å². The van der Waals surface area contributed by atoms with E-state index < -0.39 is 0 Å². The van der Waals surface area contributed by atoms with Crippen molar-refractivity contribution in [3.8, 4) is 17.2 Å². The lowest BCUT2D eigenvalue weighted by Crippen LogP contribution is -2.07. The van der Waals surface area contributed by atoms with Gasteiger partial charge >= 0.3 is 0 Å². The number of aromatic hydroxyl groups is 1. The van der Waals surface area contributed by atoms with Crippen molar-refractivity contribution in [1.29, 1.82) is 0 Å². The Labute approximate surface area is 143 Å². The molecule has 0 unspecified atom stereocenters. The molecule has 128 valence electrons. The highest BCUT2D eigenvalue weighted by molar-refractivity contribution is 5.97. The molecular formula is C20H24O4. The molecular weight excluding hydrogens is 304 g/mol. The molecule has 0 radical (unpaired) electrons. The van der Waals surface area contributed by atoms with Crippen LogP contribution in [0.5, 0.6) is 17.2 Å². The van der Waals surface area contributed by atoms with Gasteiger partial charge in [-0.2, -0.15) is 0 Å². The number of Topliss-reactive ketones (excluding diaryl/α,β-unsaturated/α-hetero) is 1.